The lowest BCUT2D eigenvalue weighted by atomic mass is 9.85. The zero-order valence-electron chi connectivity index (χ0n) is 15.4. The lowest BCUT2D eigenvalue weighted by Gasteiger charge is -2.35. The number of fused-ring (bicyclic) bond motifs is 1. The monoisotopic (exact) mass is 349 g/mol. The van der Waals surface area contributed by atoms with Crippen LogP contribution in [-0.4, -0.2) is 32.8 Å². The highest BCUT2D eigenvalue weighted by atomic mass is 16.5. The normalized spacial score (nSPS) is 23.3. The Kier molecular flexibility index (Phi) is 4.21. The summed E-state index contributed by atoms with van der Waals surface area (Å²) in [6, 6.07) is 6.01. The molecule has 0 unspecified atom stereocenters. The van der Waals surface area contributed by atoms with Crippen molar-refractivity contribution in [3.8, 4) is 11.3 Å². The van der Waals surface area contributed by atoms with Crippen molar-refractivity contribution in [2.45, 2.75) is 45.3 Å². The number of aryl methyl sites for hydroxylation is 2. The van der Waals surface area contributed by atoms with Crippen LogP contribution in [0.4, 0.5) is 0 Å². The smallest absolute Gasteiger partial charge is 0.0957 e. The molecule has 0 amide bonds. The van der Waals surface area contributed by atoms with E-state index >= 15 is 0 Å². The van der Waals surface area contributed by atoms with Crippen LogP contribution in [0.2, 0.25) is 0 Å². The molecule has 5 nitrogen and oxygen atoms in total. The highest BCUT2D eigenvalue weighted by Crippen LogP contribution is 2.35. The molecule has 0 spiro atoms. The van der Waals surface area contributed by atoms with Gasteiger partial charge in [0.2, 0.25) is 0 Å². The zero-order valence-corrected chi connectivity index (χ0v) is 15.4. The Hall–Kier alpha value is -2.37. The van der Waals surface area contributed by atoms with E-state index in [1.165, 1.54) is 0 Å². The van der Waals surface area contributed by atoms with Crippen LogP contribution in [-0.2, 0) is 10.3 Å². The third kappa shape index (κ3) is 2.97. The highest BCUT2D eigenvalue weighted by molar-refractivity contribution is 5.96. The number of aromatic nitrogens is 3. The maximum Gasteiger partial charge on any atom is 0.0957 e. The summed E-state index contributed by atoms with van der Waals surface area (Å²) in [6.45, 7) is 6.53. The summed E-state index contributed by atoms with van der Waals surface area (Å²) in [5, 5.41) is 13.1. The lowest BCUT2D eigenvalue weighted by Crippen LogP contribution is -2.37. The predicted molar refractivity (Wildman–Crippen MR) is 101 cm³/mol. The van der Waals surface area contributed by atoms with E-state index in [1.54, 1.807) is 6.20 Å². The summed E-state index contributed by atoms with van der Waals surface area (Å²) in [4.78, 5) is 13.5. The summed E-state index contributed by atoms with van der Waals surface area (Å²) < 4.78 is 5.56. The van der Waals surface area contributed by atoms with Crippen molar-refractivity contribution in [2.75, 3.05) is 6.61 Å². The van der Waals surface area contributed by atoms with Gasteiger partial charge in [-0.1, -0.05) is 6.07 Å². The van der Waals surface area contributed by atoms with E-state index < -0.39 is 5.60 Å². The van der Waals surface area contributed by atoms with E-state index in [0.29, 0.717) is 19.4 Å². The first-order chi connectivity index (χ1) is 12.5. The Morgan fingerprint density at radius 2 is 1.92 bits per heavy atom. The number of pyridine rings is 3. The van der Waals surface area contributed by atoms with Gasteiger partial charge >= 0.3 is 0 Å². The first-order valence-electron chi connectivity index (χ1n) is 8.99. The number of hydrogen-bond donors (Lipinski definition) is 1. The first-order valence-corrected chi connectivity index (χ1v) is 8.99. The summed E-state index contributed by atoms with van der Waals surface area (Å²) in [6.07, 6.45) is 6.76. The van der Waals surface area contributed by atoms with Gasteiger partial charge < -0.3 is 9.84 Å². The van der Waals surface area contributed by atoms with Gasteiger partial charge in [0, 0.05) is 59.3 Å². The van der Waals surface area contributed by atoms with Gasteiger partial charge in [0.25, 0.3) is 0 Å². The van der Waals surface area contributed by atoms with Crippen molar-refractivity contribution in [3.05, 3.63) is 53.7 Å². The Bertz CT molecular complexity index is 955. The van der Waals surface area contributed by atoms with Gasteiger partial charge in [0.05, 0.1) is 24.0 Å². The van der Waals surface area contributed by atoms with Crippen LogP contribution in [0.5, 0.6) is 0 Å². The molecule has 26 heavy (non-hydrogen) atoms. The van der Waals surface area contributed by atoms with Gasteiger partial charge in [-0.2, -0.15) is 0 Å². The molecule has 1 aliphatic heterocycles. The second kappa shape index (κ2) is 6.41. The third-order valence-electron chi connectivity index (χ3n) is 5.23. The van der Waals surface area contributed by atoms with Crippen LogP contribution in [0.25, 0.3) is 22.0 Å². The van der Waals surface area contributed by atoms with Gasteiger partial charge in [0.1, 0.15) is 0 Å². The van der Waals surface area contributed by atoms with Crippen LogP contribution in [0, 0.1) is 13.8 Å². The second-order valence-corrected chi connectivity index (χ2v) is 7.23. The molecule has 4 heterocycles. The summed E-state index contributed by atoms with van der Waals surface area (Å²) in [5.74, 6) is 0. The average molecular weight is 349 g/mol. The van der Waals surface area contributed by atoms with Gasteiger partial charge in [-0.25, -0.2) is 0 Å². The number of hydrogen-bond acceptors (Lipinski definition) is 5. The zero-order chi connectivity index (χ0) is 18.3. The average Bonchev–Trinajstić information content (AvgIpc) is 2.62. The molecule has 0 aromatic carbocycles. The molecule has 0 bridgehead atoms. The Balaban J connectivity index is 1.75. The number of rotatable bonds is 2. The fourth-order valence-corrected chi connectivity index (χ4v) is 3.73. The van der Waals surface area contributed by atoms with Crippen molar-refractivity contribution in [1.82, 2.24) is 15.0 Å². The minimum atomic E-state index is -0.864. The molecule has 1 aliphatic rings. The van der Waals surface area contributed by atoms with E-state index in [0.717, 1.165) is 39.0 Å². The predicted octanol–water partition coefficient (Wildman–Crippen LogP) is 3.70. The van der Waals surface area contributed by atoms with Crippen molar-refractivity contribution in [1.29, 1.82) is 0 Å². The first kappa shape index (κ1) is 17.1. The van der Waals surface area contributed by atoms with Crippen molar-refractivity contribution in [3.63, 3.8) is 0 Å². The highest BCUT2D eigenvalue weighted by Gasteiger charge is 2.35. The molecule has 5 heteroatoms. The van der Waals surface area contributed by atoms with Crippen LogP contribution >= 0.6 is 0 Å². The largest absolute Gasteiger partial charge is 0.385 e. The van der Waals surface area contributed by atoms with E-state index in [-0.39, 0.29) is 6.10 Å². The molecule has 0 radical (unpaired) electrons. The molecule has 2 atom stereocenters. The van der Waals surface area contributed by atoms with E-state index in [4.69, 9.17) is 4.74 Å². The molecule has 0 aliphatic carbocycles. The van der Waals surface area contributed by atoms with E-state index in [1.807, 2.05) is 45.3 Å². The molecule has 1 N–H and O–H groups in total. The maximum atomic E-state index is 11.0. The van der Waals surface area contributed by atoms with Crippen LogP contribution in [0.3, 0.4) is 0 Å². The summed E-state index contributed by atoms with van der Waals surface area (Å²) in [5.41, 5.74) is 3.73. The second-order valence-electron chi connectivity index (χ2n) is 7.23. The van der Waals surface area contributed by atoms with Gasteiger partial charge in [0.15, 0.2) is 0 Å². The molecule has 0 saturated carbocycles. The Morgan fingerprint density at radius 1 is 1.08 bits per heavy atom. The summed E-state index contributed by atoms with van der Waals surface area (Å²) in [7, 11) is 0. The van der Waals surface area contributed by atoms with Gasteiger partial charge in [-0.05, 0) is 38.3 Å². The third-order valence-corrected chi connectivity index (χ3v) is 5.23. The maximum absolute atomic E-state index is 11.0. The fraction of sp³-hybridized carbons (Fsp3) is 0.381. The number of nitrogens with zero attached hydrogens (tertiary/aromatic N) is 3. The molecular weight excluding hydrogens is 326 g/mol. The summed E-state index contributed by atoms with van der Waals surface area (Å²) >= 11 is 0. The Labute approximate surface area is 153 Å². The van der Waals surface area contributed by atoms with Crippen molar-refractivity contribution in [2.24, 2.45) is 0 Å². The molecule has 3 aromatic rings. The number of aliphatic hydroxyl groups is 1. The van der Waals surface area contributed by atoms with Gasteiger partial charge in [-0.15, -0.1) is 0 Å². The van der Waals surface area contributed by atoms with Crippen molar-refractivity contribution < 1.29 is 9.84 Å². The Morgan fingerprint density at radius 3 is 2.65 bits per heavy atom. The fourth-order valence-electron chi connectivity index (χ4n) is 3.73. The van der Waals surface area contributed by atoms with Crippen LogP contribution in [0.15, 0.2) is 36.8 Å². The van der Waals surface area contributed by atoms with E-state index in [2.05, 4.69) is 21.0 Å². The van der Waals surface area contributed by atoms with Crippen LogP contribution < -0.4 is 0 Å². The quantitative estimate of drug-likeness (QED) is 0.764. The topological polar surface area (TPSA) is 68.1 Å². The molecule has 134 valence electrons. The van der Waals surface area contributed by atoms with E-state index in [9.17, 15) is 5.11 Å². The molecule has 1 saturated heterocycles. The molecule has 1 fully saturated rings. The number of ether oxygens (including phenoxy) is 1. The molecule has 3 aromatic heterocycles. The lowest BCUT2D eigenvalue weighted by molar-refractivity contribution is -0.101. The minimum absolute atomic E-state index is 0.0501. The molecular formula is C21H23N3O2. The SMILES string of the molecule is Cc1cc2c(-c3ccc([C@]4(O)CCO[C@H](C)C4)cn3)cnc(C)c2cn1. The minimum Gasteiger partial charge on any atom is -0.385 e. The standard InChI is InChI=1S/C21H23N3O2/c1-13-8-17-18(11-22-13)15(3)23-12-19(17)20-5-4-16(10-24-20)21(25)6-7-26-14(2)9-21/h4-5,8,10-12,14,25H,6-7,9H2,1-3H3/t14-,21+/m1/s1. The molecule has 4 rings (SSSR count). The van der Waals surface area contributed by atoms with Gasteiger partial charge in [-0.3, -0.25) is 15.0 Å². The van der Waals surface area contributed by atoms with Crippen LogP contribution in [0.1, 0.15) is 36.7 Å². The van der Waals surface area contributed by atoms with Crippen molar-refractivity contribution >= 4 is 10.8 Å².